The van der Waals surface area contributed by atoms with E-state index in [1.165, 1.54) is 75.0 Å². The highest BCUT2D eigenvalue weighted by Crippen LogP contribution is 2.40. The second-order valence-electron chi connectivity index (χ2n) is 8.90. The monoisotopic (exact) mass is 400 g/mol. The summed E-state index contributed by atoms with van der Waals surface area (Å²) in [6, 6.07) is 34.1. The smallest absolute Gasteiger partial charge is 0.0541 e. The molecule has 0 spiro atoms. The lowest BCUT2D eigenvalue weighted by Crippen LogP contribution is -2.04. The number of hydrogen-bond acceptors (Lipinski definition) is 0. The molecule has 0 saturated heterocycles. The van der Waals surface area contributed by atoms with E-state index in [2.05, 4.69) is 100 Å². The molecule has 4 aromatic carbocycles. The summed E-state index contributed by atoms with van der Waals surface area (Å²) in [6.45, 7) is 0. The van der Waals surface area contributed by atoms with Gasteiger partial charge in [-0.1, -0.05) is 73.5 Å². The summed E-state index contributed by atoms with van der Waals surface area (Å²) >= 11 is 0. The van der Waals surface area contributed by atoms with Crippen molar-refractivity contribution in [3.63, 3.8) is 0 Å². The van der Waals surface area contributed by atoms with Crippen molar-refractivity contribution in [2.45, 2.75) is 31.7 Å². The molecule has 7 rings (SSSR count). The molecule has 2 heteroatoms. The van der Waals surface area contributed by atoms with Crippen molar-refractivity contribution in [2.75, 3.05) is 0 Å². The summed E-state index contributed by atoms with van der Waals surface area (Å²) in [5, 5.41) is 5.37. The van der Waals surface area contributed by atoms with Crippen molar-refractivity contribution < 1.29 is 0 Å². The first-order valence-corrected chi connectivity index (χ1v) is 11.4. The van der Waals surface area contributed by atoms with Gasteiger partial charge in [0.25, 0.3) is 0 Å². The Morgan fingerprint density at radius 3 is 1.68 bits per heavy atom. The second kappa shape index (κ2) is 6.49. The molecular weight excluding hydrogens is 376 g/mol. The zero-order valence-corrected chi connectivity index (χ0v) is 17.5. The highest BCUT2D eigenvalue weighted by atomic mass is 15.0. The molecule has 0 atom stereocenters. The van der Waals surface area contributed by atoms with Crippen LogP contribution in [0.5, 0.6) is 0 Å². The van der Waals surface area contributed by atoms with Gasteiger partial charge in [-0.05, 0) is 43.2 Å². The lowest BCUT2D eigenvalue weighted by atomic mass is 10.1. The van der Waals surface area contributed by atoms with Crippen LogP contribution < -0.4 is 0 Å². The molecule has 2 heterocycles. The molecule has 1 saturated carbocycles. The van der Waals surface area contributed by atoms with E-state index < -0.39 is 0 Å². The Kier molecular flexibility index (Phi) is 3.60. The maximum Gasteiger partial charge on any atom is 0.0541 e. The van der Waals surface area contributed by atoms with Crippen LogP contribution in [0.3, 0.4) is 0 Å². The molecule has 150 valence electrons. The number of aromatic nitrogens is 2. The molecule has 1 fully saturated rings. The highest BCUT2D eigenvalue weighted by Gasteiger charge is 2.22. The van der Waals surface area contributed by atoms with Gasteiger partial charge >= 0.3 is 0 Å². The molecule has 0 N–H and O–H groups in total. The quantitative estimate of drug-likeness (QED) is 0.279. The number of rotatable bonds is 2. The summed E-state index contributed by atoms with van der Waals surface area (Å²) in [5.74, 6) is 0. The molecule has 2 nitrogen and oxygen atoms in total. The fourth-order valence-corrected chi connectivity index (χ4v) is 5.88. The largest absolute Gasteiger partial charge is 0.337 e. The standard InChI is InChI=1S/C29H24N2/c1-2-10-20(9-1)30-26-14-6-5-13-24(26)25-18-17-21(19-29(25)30)31-27-15-7-3-11-22(27)23-12-4-8-16-28(23)31/h3-8,11-20H,1-2,9-10H2. The molecule has 1 aliphatic carbocycles. The minimum Gasteiger partial charge on any atom is -0.337 e. The van der Waals surface area contributed by atoms with Crippen molar-refractivity contribution >= 4 is 43.6 Å². The predicted molar refractivity (Wildman–Crippen MR) is 131 cm³/mol. The fraction of sp³-hybridized carbons (Fsp3) is 0.172. The van der Waals surface area contributed by atoms with E-state index >= 15 is 0 Å². The minimum absolute atomic E-state index is 0.607. The third kappa shape index (κ3) is 2.39. The van der Waals surface area contributed by atoms with Crippen molar-refractivity contribution in [2.24, 2.45) is 0 Å². The van der Waals surface area contributed by atoms with Gasteiger partial charge in [-0.25, -0.2) is 0 Å². The summed E-state index contributed by atoms with van der Waals surface area (Å²) in [6.07, 6.45) is 5.25. The molecule has 31 heavy (non-hydrogen) atoms. The van der Waals surface area contributed by atoms with Gasteiger partial charge < -0.3 is 9.13 Å². The van der Waals surface area contributed by atoms with E-state index in [1.807, 2.05) is 0 Å². The average Bonchev–Trinajstić information content (AvgIpc) is 3.53. The topological polar surface area (TPSA) is 9.86 Å². The van der Waals surface area contributed by atoms with Crippen LogP contribution in [0, 0.1) is 0 Å². The van der Waals surface area contributed by atoms with Gasteiger partial charge in [0.2, 0.25) is 0 Å². The van der Waals surface area contributed by atoms with Crippen LogP contribution in [0.2, 0.25) is 0 Å². The van der Waals surface area contributed by atoms with E-state index in [-0.39, 0.29) is 0 Å². The second-order valence-corrected chi connectivity index (χ2v) is 8.90. The van der Waals surface area contributed by atoms with Crippen LogP contribution in [-0.2, 0) is 0 Å². The maximum atomic E-state index is 2.63. The Labute approximate surface area is 181 Å². The van der Waals surface area contributed by atoms with Gasteiger partial charge in [0, 0.05) is 38.8 Å². The predicted octanol–water partition coefficient (Wildman–Crippen LogP) is 8.01. The van der Waals surface area contributed by atoms with Crippen LogP contribution in [-0.4, -0.2) is 9.13 Å². The molecule has 2 aromatic heterocycles. The number of hydrogen-bond donors (Lipinski definition) is 0. The summed E-state index contributed by atoms with van der Waals surface area (Å²) < 4.78 is 5.07. The van der Waals surface area contributed by atoms with E-state index in [0.717, 1.165) is 0 Å². The zero-order chi connectivity index (χ0) is 20.4. The summed E-state index contributed by atoms with van der Waals surface area (Å²) in [7, 11) is 0. The van der Waals surface area contributed by atoms with Gasteiger partial charge in [0.05, 0.1) is 16.6 Å². The third-order valence-electron chi connectivity index (χ3n) is 7.22. The van der Waals surface area contributed by atoms with E-state index in [1.54, 1.807) is 0 Å². The lowest BCUT2D eigenvalue weighted by molar-refractivity contribution is 0.550. The first-order chi connectivity index (χ1) is 15.4. The SMILES string of the molecule is c1ccc2c(c1)c1ccccc1n2-c1ccc2c3ccccc3n(C3CCCC3)c2c1. The lowest BCUT2D eigenvalue weighted by Gasteiger charge is -2.16. The van der Waals surface area contributed by atoms with Gasteiger partial charge in [-0.2, -0.15) is 0 Å². The van der Waals surface area contributed by atoms with Gasteiger partial charge in [0.1, 0.15) is 0 Å². The van der Waals surface area contributed by atoms with Gasteiger partial charge in [-0.3, -0.25) is 0 Å². The van der Waals surface area contributed by atoms with Crippen LogP contribution in [0.4, 0.5) is 0 Å². The molecule has 0 bridgehead atoms. The maximum absolute atomic E-state index is 2.63. The van der Waals surface area contributed by atoms with Crippen molar-refractivity contribution in [1.82, 2.24) is 9.13 Å². The fourth-order valence-electron chi connectivity index (χ4n) is 5.88. The normalized spacial score (nSPS) is 15.1. The van der Waals surface area contributed by atoms with Gasteiger partial charge in [-0.15, -0.1) is 0 Å². The van der Waals surface area contributed by atoms with E-state index in [0.29, 0.717) is 6.04 Å². The van der Waals surface area contributed by atoms with Crippen molar-refractivity contribution in [1.29, 1.82) is 0 Å². The zero-order valence-electron chi connectivity index (χ0n) is 17.5. The number of para-hydroxylation sites is 3. The van der Waals surface area contributed by atoms with Crippen LogP contribution >= 0.6 is 0 Å². The Hall–Kier alpha value is -3.52. The summed E-state index contributed by atoms with van der Waals surface area (Å²) in [5.41, 5.74) is 6.53. The molecule has 0 unspecified atom stereocenters. The molecule has 6 aromatic rings. The van der Waals surface area contributed by atoms with Gasteiger partial charge in [0.15, 0.2) is 0 Å². The molecule has 0 radical (unpaired) electrons. The Morgan fingerprint density at radius 2 is 1.03 bits per heavy atom. The molecule has 0 aliphatic heterocycles. The average molecular weight is 401 g/mol. The minimum atomic E-state index is 0.607. The molecule has 0 amide bonds. The number of nitrogens with zero attached hydrogens (tertiary/aromatic N) is 2. The van der Waals surface area contributed by atoms with Crippen molar-refractivity contribution in [3.05, 3.63) is 91.0 Å². The number of benzene rings is 4. The Morgan fingerprint density at radius 1 is 0.516 bits per heavy atom. The van der Waals surface area contributed by atoms with Crippen LogP contribution in [0.25, 0.3) is 49.3 Å². The van der Waals surface area contributed by atoms with E-state index in [4.69, 9.17) is 0 Å². The molecular formula is C29H24N2. The Bertz CT molecular complexity index is 1540. The first kappa shape index (κ1) is 17.2. The number of fused-ring (bicyclic) bond motifs is 6. The first-order valence-electron chi connectivity index (χ1n) is 11.4. The third-order valence-corrected chi connectivity index (χ3v) is 7.22. The Balaban J connectivity index is 1.58. The van der Waals surface area contributed by atoms with Crippen molar-refractivity contribution in [3.8, 4) is 5.69 Å². The molecule has 1 aliphatic rings. The summed E-state index contributed by atoms with van der Waals surface area (Å²) in [4.78, 5) is 0. The van der Waals surface area contributed by atoms with Crippen LogP contribution in [0.1, 0.15) is 31.7 Å². The van der Waals surface area contributed by atoms with Crippen LogP contribution in [0.15, 0.2) is 91.0 Å². The van der Waals surface area contributed by atoms with E-state index in [9.17, 15) is 0 Å². The highest BCUT2D eigenvalue weighted by molar-refractivity contribution is 6.11.